The second kappa shape index (κ2) is 6.43. The minimum absolute atomic E-state index is 0.249. The predicted octanol–water partition coefficient (Wildman–Crippen LogP) is 2.34. The highest BCUT2D eigenvalue weighted by molar-refractivity contribution is 5.97. The lowest BCUT2D eigenvalue weighted by molar-refractivity contribution is -0.385. The van der Waals surface area contributed by atoms with Gasteiger partial charge >= 0.3 is 0 Å². The van der Waals surface area contributed by atoms with Crippen molar-refractivity contribution in [2.75, 3.05) is 0 Å². The van der Waals surface area contributed by atoms with E-state index in [0.717, 1.165) is 28.6 Å². The molecule has 3 rings (SSSR count). The van der Waals surface area contributed by atoms with Crippen LogP contribution in [0.25, 0.3) is 5.82 Å². The highest BCUT2D eigenvalue weighted by atomic mass is 16.6. The standard InChI is InChI=1S/C17H16N4O5/c1-10-6-14(12(3)20(10)16-7-11(2)26-18-16)15(22)9-19-8-13(21(24)25)4-5-17(19)23/h4-8H,9H2,1-3H3. The van der Waals surface area contributed by atoms with Gasteiger partial charge < -0.3 is 9.09 Å². The summed E-state index contributed by atoms with van der Waals surface area (Å²) in [5.41, 5.74) is 1.12. The molecular weight excluding hydrogens is 340 g/mol. The normalized spacial score (nSPS) is 10.9. The molecule has 0 aliphatic rings. The van der Waals surface area contributed by atoms with Crippen LogP contribution in [0.15, 0.2) is 39.8 Å². The van der Waals surface area contributed by atoms with Crippen LogP contribution in [-0.2, 0) is 6.54 Å². The van der Waals surface area contributed by atoms with Gasteiger partial charge in [-0.2, -0.15) is 0 Å². The summed E-state index contributed by atoms with van der Waals surface area (Å²) >= 11 is 0. The first-order chi connectivity index (χ1) is 12.3. The largest absolute Gasteiger partial charge is 0.360 e. The van der Waals surface area contributed by atoms with Gasteiger partial charge in [0, 0.05) is 35.2 Å². The van der Waals surface area contributed by atoms with Crippen LogP contribution < -0.4 is 5.56 Å². The predicted molar refractivity (Wildman–Crippen MR) is 91.7 cm³/mol. The number of carbonyl (C=O) groups excluding carboxylic acids is 1. The van der Waals surface area contributed by atoms with Gasteiger partial charge in [-0.05, 0) is 26.8 Å². The van der Waals surface area contributed by atoms with Gasteiger partial charge in [0.05, 0.1) is 17.7 Å². The summed E-state index contributed by atoms with van der Waals surface area (Å²) < 4.78 is 7.89. The molecule has 0 saturated carbocycles. The number of aromatic nitrogens is 3. The number of ketones is 1. The summed E-state index contributed by atoms with van der Waals surface area (Å²) in [4.78, 5) is 34.8. The minimum atomic E-state index is -0.612. The maximum absolute atomic E-state index is 12.7. The Morgan fingerprint density at radius 3 is 2.62 bits per heavy atom. The molecular formula is C17H16N4O5. The molecule has 0 saturated heterocycles. The van der Waals surface area contributed by atoms with Crippen LogP contribution in [0, 0.1) is 30.9 Å². The van der Waals surface area contributed by atoms with Crippen LogP contribution >= 0.6 is 0 Å². The molecule has 134 valence electrons. The van der Waals surface area contributed by atoms with Crippen LogP contribution in [0.2, 0.25) is 0 Å². The number of nitrogens with zero attached hydrogens (tertiary/aromatic N) is 4. The molecule has 0 bridgehead atoms. The van der Waals surface area contributed by atoms with Gasteiger partial charge in [0.1, 0.15) is 5.76 Å². The van der Waals surface area contributed by atoms with Crippen molar-refractivity contribution in [3.8, 4) is 5.82 Å². The molecule has 0 radical (unpaired) electrons. The molecule has 3 heterocycles. The van der Waals surface area contributed by atoms with Crippen molar-refractivity contribution in [2.24, 2.45) is 0 Å². The fourth-order valence-corrected chi connectivity index (χ4v) is 2.85. The van der Waals surface area contributed by atoms with Gasteiger partial charge in [-0.15, -0.1) is 0 Å². The van der Waals surface area contributed by atoms with Gasteiger partial charge in [0.2, 0.25) is 0 Å². The Bertz CT molecular complexity index is 1070. The molecule has 3 aromatic rings. The quantitative estimate of drug-likeness (QED) is 0.394. The molecule has 9 nitrogen and oxygen atoms in total. The van der Waals surface area contributed by atoms with Crippen molar-refractivity contribution in [3.63, 3.8) is 0 Å². The van der Waals surface area contributed by atoms with E-state index in [1.54, 1.807) is 30.5 Å². The summed E-state index contributed by atoms with van der Waals surface area (Å²) in [6, 6.07) is 5.64. The fraction of sp³-hybridized carbons (Fsp3) is 0.235. The maximum Gasteiger partial charge on any atom is 0.285 e. The molecule has 0 atom stereocenters. The number of hydrogen-bond donors (Lipinski definition) is 0. The monoisotopic (exact) mass is 356 g/mol. The van der Waals surface area contributed by atoms with Gasteiger partial charge in [0.15, 0.2) is 11.6 Å². The van der Waals surface area contributed by atoms with Gasteiger partial charge in [-0.1, -0.05) is 5.16 Å². The molecule has 0 aliphatic heterocycles. The third-order valence-corrected chi connectivity index (χ3v) is 4.07. The number of rotatable bonds is 5. The fourth-order valence-electron chi connectivity index (χ4n) is 2.85. The number of pyridine rings is 1. The average molecular weight is 356 g/mol. The SMILES string of the molecule is Cc1cc(-n2c(C)cc(C(=O)Cn3cc([N+](=O)[O-])ccc3=O)c2C)no1. The van der Waals surface area contributed by atoms with Gasteiger partial charge in [-0.3, -0.25) is 24.3 Å². The van der Waals surface area contributed by atoms with Crippen molar-refractivity contribution in [1.82, 2.24) is 14.3 Å². The first-order valence-corrected chi connectivity index (χ1v) is 7.78. The van der Waals surface area contributed by atoms with E-state index in [2.05, 4.69) is 5.16 Å². The zero-order valence-corrected chi connectivity index (χ0v) is 14.4. The lowest BCUT2D eigenvalue weighted by Gasteiger charge is -2.06. The number of carbonyl (C=O) groups is 1. The van der Waals surface area contributed by atoms with Crippen molar-refractivity contribution in [2.45, 2.75) is 27.3 Å². The van der Waals surface area contributed by atoms with Crippen molar-refractivity contribution < 1.29 is 14.2 Å². The van der Waals surface area contributed by atoms with E-state index in [0.29, 0.717) is 22.8 Å². The lowest BCUT2D eigenvalue weighted by atomic mass is 10.1. The zero-order valence-electron chi connectivity index (χ0n) is 14.4. The summed E-state index contributed by atoms with van der Waals surface area (Å²) in [6.45, 7) is 5.07. The smallest absolute Gasteiger partial charge is 0.285 e. The Kier molecular flexibility index (Phi) is 4.29. The highest BCUT2D eigenvalue weighted by Gasteiger charge is 2.19. The molecule has 0 spiro atoms. The topological polar surface area (TPSA) is 113 Å². The van der Waals surface area contributed by atoms with Gasteiger partial charge in [0.25, 0.3) is 11.2 Å². The van der Waals surface area contributed by atoms with E-state index in [1.807, 2.05) is 6.92 Å². The molecule has 3 aromatic heterocycles. The molecule has 0 N–H and O–H groups in total. The highest BCUT2D eigenvalue weighted by Crippen LogP contribution is 2.21. The second-order valence-corrected chi connectivity index (χ2v) is 5.95. The molecule has 26 heavy (non-hydrogen) atoms. The first kappa shape index (κ1) is 17.3. The van der Waals surface area contributed by atoms with Crippen molar-refractivity contribution >= 4 is 11.5 Å². The summed E-state index contributed by atoms with van der Waals surface area (Å²) in [6.07, 6.45) is 1.07. The summed E-state index contributed by atoms with van der Waals surface area (Å²) in [5.74, 6) is 0.875. The van der Waals surface area contributed by atoms with E-state index in [9.17, 15) is 19.7 Å². The van der Waals surface area contributed by atoms with E-state index >= 15 is 0 Å². The minimum Gasteiger partial charge on any atom is -0.360 e. The Balaban J connectivity index is 1.96. The maximum atomic E-state index is 12.7. The van der Waals surface area contributed by atoms with E-state index < -0.39 is 10.5 Å². The first-order valence-electron chi connectivity index (χ1n) is 7.78. The van der Waals surface area contributed by atoms with E-state index in [1.165, 1.54) is 0 Å². The summed E-state index contributed by atoms with van der Waals surface area (Å²) in [5, 5.41) is 14.8. The molecule has 0 aliphatic carbocycles. The third kappa shape index (κ3) is 3.06. The number of aryl methyl sites for hydroxylation is 2. The van der Waals surface area contributed by atoms with Crippen LogP contribution in [0.4, 0.5) is 5.69 Å². The van der Waals surface area contributed by atoms with Crippen LogP contribution in [0.1, 0.15) is 27.5 Å². The Labute approximate surface area is 147 Å². The molecule has 0 amide bonds. The molecule has 9 heteroatoms. The Morgan fingerprint density at radius 1 is 1.27 bits per heavy atom. The lowest BCUT2D eigenvalue weighted by Crippen LogP contribution is -2.23. The van der Waals surface area contributed by atoms with Gasteiger partial charge in [-0.25, -0.2) is 0 Å². The van der Waals surface area contributed by atoms with Crippen LogP contribution in [0.3, 0.4) is 0 Å². The average Bonchev–Trinajstić information content (AvgIpc) is 3.12. The molecule has 0 fully saturated rings. The Hall–Kier alpha value is -3.49. The Morgan fingerprint density at radius 2 is 2.00 bits per heavy atom. The van der Waals surface area contributed by atoms with Crippen molar-refractivity contribution in [1.29, 1.82) is 0 Å². The second-order valence-electron chi connectivity index (χ2n) is 5.95. The van der Waals surface area contributed by atoms with Crippen LogP contribution in [-0.4, -0.2) is 25.0 Å². The van der Waals surface area contributed by atoms with E-state index in [4.69, 9.17) is 4.52 Å². The number of nitro groups is 1. The van der Waals surface area contributed by atoms with Crippen molar-refractivity contribution in [3.05, 3.63) is 73.6 Å². The van der Waals surface area contributed by atoms with E-state index in [-0.39, 0.29) is 18.0 Å². The summed E-state index contributed by atoms with van der Waals surface area (Å²) in [7, 11) is 0. The molecule has 0 unspecified atom stereocenters. The van der Waals surface area contributed by atoms with Crippen LogP contribution in [0.5, 0.6) is 0 Å². The number of Topliss-reactive ketones (excluding diaryl/α,β-unsaturated/α-hetero) is 1. The third-order valence-electron chi connectivity index (χ3n) is 4.07. The zero-order chi connectivity index (χ0) is 19.0. The molecule has 0 aromatic carbocycles. The number of hydrogen-bond acceptors (Lipinski definition) is 6.